The molecular formula is C18H23FO2. The molecule has 0 N–H and O–H groups in total. The molecule has 1 fully saturated rings. The van der Waals surface area contributed by atoms with Crippen LogP contribution in [0.25, 0.3) is 0 Å². The second-order valence-corrected chi connectivity index (χ2v) is 5.74. The van der Waals surface area contributed by atoms with Gasteiger partial charge in [-0.2, -0.15) is 0 Å². The van der Waals surface area contributed by atoms with Gasteiger partial charge in [0, 0.05) is 6.08 Å². The Hall–Kier alpha value is -1.64. The van der Waals surface area contributed by atoms with Gasteiger partial charge in [0.15, 0.2) is 0 Å². The third-order valence-corrected chi connectivity index (χ3v) is 4.13. The van der Waals surface area contributed by atoms with Crippen molar-refractivity contribution in [2.75, 3.05) is 0 Å². The van der Waals surface area contributed by atoms with Crippen LogP contribution in [0, 0.1) is 11.7 Å². The maximum atomic E-state index is 12.8. The van der Waals surface area contributed by atoms with Gasteiger partial charge in [0.25, 0.3) is 0 Å². The highest BCUT2D eigenvalue weighted by atomic mass is 19.1. The fraction of sp³-hybridized carbons (Fsp3) is 0.500. The first-order valence-electron chi connectivity index (χ1n) is 7.75. The molecule has 2 nitrogen and oxygen atoms in total. The largest absolute Gasteiger partial charge is 0.459 e. The first-order valence-corrected chi connectivity index (χ1v) is 7.75. The Labute approximate surface area is 126 Å². The Balaban J connectivity index is 1.69. The highest BCUT2D eigenvalue weighted by Crippen LogP contribution is 2.29. The summed E-state index contributed by atoms with van der Waals surface area (Å²) >= 11 is 0. The van der Waals surface area contributed by atoms with Gasteiger partial charge in [-0.15, -0.1) is 0 Å². The molecule has 1 aromatic carbocycles. The first-order chi connectivity index (χ1) is 10.2. The monoisotopic (exact) mass is 290 g/mol. The molecule has 0 bridgehead atoms. The summed E-state index contributed by atoms with van der Waals surface area (Å²) in [6, 6.07) is 6.76. The van der Waals surface area contributed by atoms with Crippen LogP contribution in [0.15, 0.2) is 36.4 Å². The molecule has 2 rings (SSSR count). The lowest BCUT2D eigenvalue weighted by Crippen LogP contribution is -2.24. The minimum atomic E-state index is -0.229. The highest BCUT2D eigenvalue weighted by molar-refractivity contribution is 5.81. The zero-order chi connectivity index (χ0) is 15.1. The summed E-state index contributed by atoms with van der Waals surface area (Å²) in [6.07, 6.45) is 9.50. The van der Waals surface area contributed by atoms with Crippen LogP contribution in [0.5, 0.6) is 0 Å². The van der Waals surface area contributed by atoms with E-state index in [2.05, 4.69) is 0 Å². The molecule has 0 aliphatic heterocycles. The Morgan fingerprint density at radius 2 is 1.90 bits per heavy atom. The van der Waals surface area contributed by atoms with Gasteiger partial charge in [0.2, 0.25) is 0 Å². The van der Waals surface area contributed by atoms with E-state index in [-0.39, 0.29) is 17.9 Å². The number of halogens is 1. The van der Waals surface area contributed by atoms with Crippen LogP contribution in [0.1, 0.15) is 44.6 Å². The molecule has 21 heavy (non-hydrogen) atoms. The lowest BCUT2D eigenvalue weighted by molar-refractivity contribution is -0.144. The number of benzene rings is 1. The number of hydrogen-bond acceptors (Lipinski definition) is 2. The third-order valence-electron chi connectivity index (χ3n) is 4.13. The lowest BCUT2D eigenvalue weighted by atomic mass is 9.84. The zero-order valence-corrected chi connectivity index (χ0v) is 12.6. The molecule has 0 heterocycles. The molecule has 0 aromatic heterocycles. The van der Waals surface area contributed by atoms with Gasteiger partial charge < -0.3 is 4.74 Å². The molecule has 1 aliphatic rings. The van der Waals surface area contributed by atoms with Crippen LogP contribution in [-0.4, -0.2) is 12.1 Å². The lowest BCUT2D eigenvalue weighted by Gasteiger charge is -2.28. The van der Waals surface area contributed by atoms with Gasteiger partial charge in [0.05, 0.1) is 0 Å². The van der Waals surface area contributed by atoms with Crippen molar-refractivity contribution in [1.82, 2.24) is 0 Å². The summed E-state index contributed by atoms with van der Waals surface area (Å²) in [5.74, 6) is 0.279. The van der Waals surface area contributed by atoms with E-state index in [9.17, 15) is 9.18 Å². The molecule has 1 saturated carbocycles. The number of allylic oxidation sites excluding steroid dienone is 1. The van der Waals surface area contributed by atoms with Crippen LogP contribution in [-0.2, 0) is 16.0 Å². The van der Waals surface area contributed by atoms with E-state index in [1.54, 1.807) is 6.08 Å². The number of aryl methyl sites for hydroxylation is 1. The predicted octanol–water partition coefficient (Wildman–Crippen LogP) is 4.44. The number of esters is 1. The van der Waals surface area contributed by atoms with Crippen molar-refractivity contribution in [3.63, 3.8) is 0 Å². The van der Waals surface area contributed by atoms with Crippen LogP contribution in [0.4, 0.5) is 4.39 Å². The van der Waals surface area contributed by atoms with E-state index in [0.29, 0.717) is 5.92 Å². The van der Waals surface area contributed by atoms with Gasteiger partial charge in [-0.05, 0) is 69.1 Å². The second-order valence-electron chi connectivity index (χ2n) is 5.74. The van der Waals surface area contributed by atoms with E-state index >= 15 is 0 Å². The van der Waals surface area contributed by atoms with Crippen molar-refractivity contribution in [1.29, 1.82) is 0 Å². The first kappa shape index (κ1) is 15.7. The Kier molecular flexibility index (Phi) is 5.97. The fourth-order valence-corrected chi connectivity index (χ4v) is 2.90. The summed E-state index contributed by atoms with van der Waals surface area (Å²) in [6.45, 7) is 1.81. The Morgan fingerprint density at radius 1 is 1.24 bits per heavy atom. The molecule has 3 heteroatoms. The predicted molar refractivity (Wildman–Crippen MR) is 81.4 cm³/mol. The molecule has 0 atom stereocenters. The normalized spacial score (nSPS) is 22.4. The zero-order valence-electron chi connectivity index (χ0n) is 12.6. The number of rotatable bonds is 5. The van der Waals surface area contributed by atoms with Crippen molar-refractivity contribution in [3.8, 4) is 0 Å². The number of hydrogen-bond donors (Lipinski definition) is 0. The Bertz CT molecular complexity index is 470. The van der Waals surface area contributed by atoms with E-state index in [0.717, 1.165) is 38.5 Å². The Morgan fingerprint density at radius 3 is 2.52 bits per heavy atom. The molecule has 0 unspecified atom stereocenters. The van der Waals surface area contributed by atoms with Gasteiger partial charge >= 0.3 is 5.97 Å². The SMILES string of the molecule is CC=CC(=O)OC1CCC(CCc2ccc(F)cc2)CC1. The van der Waals surface area contributed by atoms with Gasteiger partial charge in [0.1, 0.15) is 11.9 Å². The minimum absolute atomic E-state index is 0.0794. The van der Waals surface area contributed by atoms with Crippen molar-refractivity contribution in [3.05, 3.63) is 47.8 Å². The van der Waals surface area contributed by atoms with Crippen LogP contribution in [0.2, 0.25) is 0 Å². The van der Waals surface area contributed by atoms with Gasteiger partial charge in [-0.1, -0.05) is 18.2 Å². The average Bonchev–Trinajstić information content (AvgIpc) is 2.48. The molecular weight excluding hydrogens is 267 g/mol. The number of carbonyl (C=O) groups excluding carboxylic acids is 1. The highest BCUT2D eigenvalue weighted by Gasteiger charge is 2.23. The molecule has 0 spiro atoms. The average molecular weight is 290 g/mol. The summed E-state index contributed by atoms with van der Waals surface area (Å²) in [4.78, 5) is 11.4. The van der Waals surface area contributed by atoms with Crippen molar-refractivity contribution in [2.24, 2.45) is 5.92 Å². The summed E-state index contributed by atoms with van der Waals surface area (Å²) in [5.41, 5.74) is 1.19. The quantitative estimate of drug-likeness (QED) is 0.592. The standard InChI is InChI=1S/C18H23FO2/c1-2-3-18(20)21-17-12-8-15(9-13-17)5-4-14-6-10-16(19)11-7-14/h2-3,6-7,10-11,15,17H,4-5,8-9,12-13H2,1H3. The molecule has 1 aliphatic carbocycles. The smallest absolute Gasteiger partial charge is 0.330 e. The van der Waals surface area contributed by atoms with E-state index in [1.807, 2.05) is 19.1 Å². The van der Waals surface area contributed by atoms with E-state index in [1.165, 1.54) is 23.8 Å². The minimum Gasteiger partial charge on any atom is -0.459 e. The van der Waals surface area contributed by atoms with E-state index in [4.69, 9.17) is 4.74 Å². The van der Waals surface area contributed by atoms with Gasteiger partial charge in [-0.25, -0.2) is 9.18 Å². The molecule has 1 aromatic rings. The third kappa shape index (κ3) is 5.33. The van der Waals surface area contributed by atoms with Crippen LogP contribution >= 0.6 is 0 Å². The van der Waals surface area contributed by atoms with Crippen molar-refractivity contribution in [2.45, 2.75) is 51.6 Å². The van der Waals surface area contributed by atoms with Gasteiger partial charge in [-0.3, -0.25) is 0 Å². The molecule has 0 saturated heterocycles. The number of carbonyl (C=O) groups is 1. The van der Waals surface area contributed by atoms with Crippen LogP contribution < -0.4 is 0 Å². The number of ether oxygens (including phenoxy) is 1. The van der Waals surface area contributed by atoms with Crippen LogP contribution in [0.3, 0.4) is 0 Å². The maximum Gasteiger partial charge on any atom is 0.330 e. The summed E-state index contributed by atoms with van der Waals surface area (Å²) in [5, 5.41) is 0. The fourth-order valence-electron chi connectivity index (χ4n) is 2.90. The van der Waals surface area contributed by atoms with Crippen molar-refractivity contribution < 1.29 is 13.9 Å². The molecule has 114 valence electrons. The molecule has 0 radical (unpaired) electrons. The topological polar surface area (TPSA) is 26.3 Å². The maximum absolute atomic E-state index is 12.8. The van der Waals surface area contributed by atoms with E-state index < -0.39 is 0 Å². The summed E-state index contributed by atoms with van der Waals surface area (Å²) < 4.78 is 18.2. The second kappa shape index (κ2) is 7.96. The van der Waals surface area contributed by atoms with Crippen molar-refractivity contribution >= 4 is 5.97 Å². The molecule has 0 amide bonds. The summed E-state index contributed by atoms with van der Waals surface area (Å²) in [7, 11) is 0.